The minimum Gasteiger partial charge on any atom is -0.478 e. The average molecular weight is 215 g/mol. The second-order valence-corrected chi connectivity index (χ2v) is 3.27. The van der Waals surface area contributed by atoms with Crippen LogP contribution in [0, 0.1) is 5.41 Å². The largest absolute Gasteiger partial charge is 0.478 e. The topological polar surface area (TPSA) is 50.9 Å². The Morgan fingerprint density at radius 2 is 2.12 bits per heavy atom. The van der Waals surface area contributed by atoms with Crippen molar-refractivity contribution in [1.82, 2.24) is 9.78 Å². The quantitative estimate of drug-likeness (QED) is 0.630. The molecule has 0 saturated carbocycles. The zero-order chi connectivity index (χ0) is 11.4. The van der Waals surface area contributed by atoms with E-state index >= 15 is 0 Å². The fourth-order valence-corrected chi connectivity index (χ4v) is 1.39. The number of benzene rings is 1. The van der Waals surface area contributed by atoms with Crippen molar-refractivity contribution in [2.24, 2.45) is 0 Å². The van der Waals surface area contributed by atoms with Crippen molar-refractivity contribution in [3.8, 4) is 5.69 Å². The maximum atomic E-state index is 7.63. The molecule has 1 aromatic heterocycles. The van der Waals surface area contributed by atoms with Gasteiger partial charge in [0.15, 0.2) is 0 Å². The molecule has 0 aliphatic heterocycles. The van der Waals surface area contributed by atoms with Crippen LogP contribution in [0.15, 0.2) is 42.7 Å². The van der Waals surface area contributed by atoms with Gasteiger partial charge in [0, 0.05) is 6.20 Å². The van der Waals surface area contributed by atoms with Crippen molar-refractivity contribution in [2.75, 3.05) is 6.61 Å². The van der Waals surface area contributed by atoms with Gasteiger partial charge < -0.3 is 4.74 Å². The zero-order valence-corrected chi connectivity index (χ0v) is 9.05. The second-order valence-electron chi connectivity index (χ2n) is 3.27. The normalized spacial score (nSPS) is 10.1. The lowest BCUT2D eigenvalue weighted by molar-refractivity contribution is 0.325. The summed E-state index contributed by atoms with van der Waals surface area (Å²) in [7, 11) is 0. The monoisotopic (exact) mass is 215 g/mol. The number of aromatic nitrogens is 2. The van der Waals surface area contributed by atoms with Gasteiger partial charge in [-0.05, 0) is 19.1 Å². The van der Waals surface area contributed by atoms with Crippen LogP contribution >= 0.6 is 0 Å². The molecule has 0 unspecified atom stereocenters. The highest BCUT2D eigenvalue weighted by molar-refractivity contribution is 5.91. The van der Waals surface area contributed by atoms with Crippen molar-refractivity contribution in [1.29, 1.82) is 5.41 Å². The Labute approximate surface area is 94.0 Å². The highest BCUT2D eigenvalue weighted by atomic mass is 16.5. The molecule has 0 saturated heterocycles. The second kappa shape index (κ2) is 4.61. The lowest BCUT2D eigenvalue weighted by Gasteiger charge is -2.01. The van der Waals surface area contributed by atoms with Gasteiger partial charge in [0.05, 0.1) is 24.1 Å². The van der Waals surface area contributed by atoms with E-state index in [1.807, 2.05) is 37.3 Å². The Bertz CT molecular complexity index is 476. The van der Waals surface area contributed by atoms with Gasteiger partial charge in [-0.15, -0.1) is 0 Å². The molecule has 0 aliphatic carbocycles. The van der Waals surface area contributed by atoms with E-state index in [2.05, 4.69) is 5.10 Å². The zero-order valence-electron chi connectivity index (χ0n) is 9.05. The van der Waals surface area contributed by atoms with E-state index in [9.17, 15) is 0 Å². The number of nitrogens with one attached hydrogen (secondary N) is 1. The van der Waals surface area contributed by atoms with Gasteiger partial charge in [-0.25, -0.2) is 4.68 Å². The Morgan fingerprint density at radius 1 is 1.38 bits per heavy atom. The molecule has 0 spiro atoms. The number of hydrogen-bond donors (Lipinski definition) is 1. The molecule has 16 heavy (non-hydrogen) atoms. The fourth-order valence-electron chi connectivity index (χ4n) is 1.39. The summed E-state index contributed by atoms with van der Waals surface area (Å²) in [6, 6.07) is 9.77. The third-order valence-corrected chi connectivity index (χ3v) is 2.15. The molecule has 1 aromatic carbocycles. The third-order valence-electron chi connectivity index (χ3n) is 2.15. The smallest absolute Gasteiger partial charge is 0.216 e. The molecular weight excluding hydrogens is 202 g/mol. The molecule has 0 amide bonds. The van der Waals surface area contributed by atoms with Crippen LogP contribution in [0.3, 0.4) is 0 Å². The van der Waals surface area contributed by atoms with E-state index in [4.69, 9.17) is 10.1 Å². The molecule has 0 atom stereocenters. The molecule has 4 nitrogen and oxygen atoms in total. The lowest BCUT2D eigenvalue weighted by Crippen LogP contribution is -2.03. The average Bonchev–Trinajstić information content (AvgIpc) is 2.80. The minimum absolute atomic E-state index is 0.157. The summed E-state index contributed by atoms with van der Waals surface area (Å²) in [6.07, 6.45) is 3.42. The lowest BCUT2D eigenvalue weighted by atomic mass is 10.3. The van der Waals surface area contributed by atoms with Crippen LogP contribution in [0.5, 0.6) is 0 Å². The first-order chi connectivity index (χ1) is 7.81. The van der Waals surface area contributed by atoms with Crippen LogP contribution in [-0.4, -0.2) is 22.3 Å². The number of hydrogen-bond acceptors (Lipinski definition) is 3. The molecule has 0 fully saturated rings. The fraction of sp³-hybridized carbons (Fsp3) is 0.167. The van der Waals surface area contributed by atoms with E-state index in [0.29, 0.717) is 12.2 Å². The Balaban J connectivity index is 2.23. The summed E-state index contributed by atoms with van der Waals surface area (Å²) in [5.74, 6) is 0.157. The molecule has 82 valence electrons. The first kappa shape index (κ1) is 10.4. The highest BCUT2D eigenvalue weighted by Crippen LogP contribution is 2.08. The van der Waals surface area contributed by atoms with Crippen LogP contribution in [-0.2, 0) is 4.74 Å². The molecule has 1 N–H and O–H groups in total. The summed E-state index contributed by atoms with van der Waals surface area (Å²) in [5.41, 5.74) is 1.66. The molecule has 2 rings (SSSR count). The molecule has 1 heterocycles. The van der Waals surface area contributed by atoms with Crippen molar-refractivity contribution in [3.63, 3.8) is 0 Å². The van der Waals surface area contributed by atoms with E-state index in [-0.39, 0.29) is 5.90 Å². The van der Waals surface area contributed by atoms with E-state index in [1.54, 1.807) is 17.1 Å². The maximum absolute atomic E-state index is 7.63. The Kier molecular flexibility index (Phi) is 3.00. The van der Waals surface area contributed by atoms with Crippen LogP contribution in [0.4, 0.5) is 0 Å². The van der Waals surface area contributed by atoms with Crippen molar-refractivity contribution in [2.45, 2.75) is 6.92 Å². The molecule has 2 aromatic rings. The predicted molar refractivity (Wildman–Crippen MR) is 62.0 cm³/mol. The Morgan fingerprint density at radius 3 is 2.81 bits per heavy atom. The summed E-state index contributed by atoms with van der Waals surface area (Å²) in [5, 5.41) is 11.8. The minimum atomic E-state index is 0.157. The van der Waals surface area contributed by atoms with E-state index < -0.39 is 0 Å². The molecule has 0 radical (unpaired) electrons. The van der Waals surface area contributed by atoms with Crippen molar-refractivity contribution < 1.29 is 4.74 Å². The molecular formula is C12H13N3O. The van der Waals surface area contributed by atoms with Gasteiger partial charge >= 0.3 is 0 Å². The van der Waals surface area contributed by atoms with Crippen LogP contribution in [0.25, 0.3) is 5.69 Å². The van der Waals surface area contributed by atoms with Gasteiger partial charge in [0.25, 0.3) is 0 Å². The van der Waals surface area contributed by atoms with Gasteiger partial charge in [0.1, 0.15) is 0 Å². The highest BCUT2D eigenvalue weighted by Gasteiger charge is 2.05. The van der Waals surface area contributed by atoms with Gasteiger partial charge in [-0.2, -0.15) is 5.10 Å². The predicted octanol–water partition coefficient (Wildman–Crippen LogP) is 2.23. The van der Waals surface area contributed by atoms with Crippen LogP contribution in [0.2, 0.25) is 0 Å². The molecule has 0 aliphatic rings. The third kappa shape index (κ3) is 2.11. The van der Waals surface area contributed by atoms with Crippen LogP contribution in [0.1, 0.15) is 12.5 Å². The van der Waals surface area contributed by atoms with Gasteiger partial charge in [-0.1, -0.05) is 18.2 Å². The van der Waals surface area contributed by atoms with Crippen molar-refractivity contribution >= 4 is 5.90 Å². The van der Waals surface area contributed by atoms with E-state index in [0.717, 1.165) is 5.69 Å². The number of rotatable bonds is 3. The van der Waals surface area contributed by atoms with E-state index in [1.165, 1.54) is 0 Å². The SMILES string of the molecule is CCOC(=N)c1cnn(-c2ccccc2)c1. The number of nitrogens with zero attached hydrogens (tertiary/aromatic N) is 2. The number of ether oxygens (including phenoxy) is 1. The van der Waals surface area contributed by atoms with Gasteiger partial charge in [-0.3, -0.25) is 5.41 Å². The first-order valence-corrected chi connectivity index (χ1v) is 5.13. The Hall–Kier alpha value is -2.10. The molecule has 0 bridgehead atoms. The molecule has 4 heteroatoms. The summed E-state index contributed by atoms with van der Waals surface area (Å²) in [4.78, 5) is 0. The summed E-state index contributed by atoms with van der Waals surface area (Å²) in [6.45, 7) is 2.35. The maximum Gasteiger partial charge on any atom is 0.216 e. The summed E-state index contributed by atoms with van der Waals surface area (Å²) >= 11 is 0. The first-order valence-electron chi connectivity index (χ1n) is 5.13. The standard InChI is InChI=1S/C12H13N3O/c1-2-16-12(13)10-8-14-15(9-10)11-6-4-3-5-7-11/h3-9,13H,2H2,1H3. The van der Waals surface area contributed by atoms with Crippen LogP contribution < -0.4 is 0 Å². The number of para-hydroxylation sites is 1. The van der Waals surface area contributed by atoms with Gasteiger partial charge in [0.2, 0.25) is 5.90 Å². The summed E-state index contributed by atoms with van der Waals surface area (Å²) < 4.78 is 6.83. The van der Waals surface area contributed by atoms with Crippen molar-refractivity contribution in [3.05, 3.63) is 48.3 Å².